The van der Waals surface area contributed by atoms with E-state index in [1.165, 1.54) is 12.1 Å². The molecule has 1 heterocycles. The van der Waals surface area contributed by atoms with Crippen molar-refractivity contribution in [3.63, 3.8) is 0 Å². The molecule has 4 nitrogen and oxygen atoms in total. The summed E-state index contributed by atoms with van der Waals surface area (Å²) in [5, 5.41) is 2.63. The highest BCUT2D eigenvalue weighted by Crippen LogP contribution is 2.26. The summed E-state index contributed by atoms with van der Waals surface area (Å²) in [7, 11) is 0. The second-order valence-corrected chi connectivity index (χ2v) is 4.66. The zero-order chi connectivity index (χ0) is 14.8. The molecule has 1 N–H and O–H groups in total. The van der Waals surface area contributed by atoms with E-state index in [9.17, 15) is 9.18 Å². The van der Waals surface area contributed by atoms with Crippen LogP contribution in [0.2, 0.25) is 0 Å². The highest BCUT2D eigenvalue weighted by Gasteiger charge is 2.09. The third-order valence-corrected chi connectivity index (χ3v) is 3.13. The lowest BCUT2D eigenvalue weighted by Gasteiger charge is -2.01. The van der Waals surface area contributed by atoms with Gasteiger partial charge in [0.25, 0.3) is 0 Å². The van der Waals surface area contributed by atoms with Crippen molar-refractivity contribution in [2.24, 2.45) is 0 Å². The number of nitrogens with zero attached hydrogens (tertiary/aromatic N) is 1. The van der Waals surface area contributed by atoms with Crippen LogP contribution < -0.4 is 5.32 Å². The standard InChI is InChI=1S/C15H10ClFN2O2/c16-8-14(20)18-11-5-6-12-13(7-11)21-15(19-12)9-1-3-10(17)4-2-9/h1-7H,8H2,(H,18,20). The zero-order valence-electron chi connectivity index (χ0n) is 10.8. The van der Waals surface area contributed by atoms with Gasteiger partial charge in [-0.3, -0.25) is 4.79 Å². The van der Waals surface area contributed by atoms with Crippen molar-refractivity contribution in [2.45, 2.75) is 0 Å². The van der Waals surface area contributed by atoms with Crippen molar-refractivity contribution >= 4 is 34.3 Å². The fourth-order valence-electron chi connectivity index (χ4n) is 1.91. The normalized spacial score (nSPS) is 10.8. The minimum atomic E-state index is -0.319. The van der Waals surface area contributed by atoms with Crippen molar-refractivity contribution in [2.75, 3.05) is 11.2 Å². The van der Waals surface area contributed by atoms with Gasteiger partial charge in [0.1, 0.15) is 17.2 Å². The minimum absolute atomic E-state index is 0.116. The van der Waals surface area contributed by atoms with E-state index in [-0.39, 0.29) is 17.6 Å². The molecule has 6 heteroatoms. The van der Waals surface area contributed by atoms with Crippen LogP contribution in [0.15, 0.2) is 46.9 Å². The van der Waals surface area contributed by atoms with E-state index in [4.69, 9.17) is 16.0 Å². The number of carbonyl (C=O) groups is 1. The van der Waals surface area contributed by atoms with Crippen LogP contribution in [0.1, 0.15) is 0 Å². The molecular formula is C15H10ClFN2O2. The maximum absolute atomic E-state index is 12.9. The lowest BCUT2D eigenvalue weighted by atomic mass is 10.2. The third kappa shape index (κ3) is 2.87. The summed E-state index contributed by atoms with van der Waals surface area (Å²) in [4.78, 5) is 15.6. The number of benzene rings is 2. The van der Waals surface area contributed by atoms with Crippen molar-refractivity contribution in [1.29, 1.82) is 0 Å². The maximum atomic E-state index is 12.9. The lowest BCUT2D eigenvalue weighted by molar-refractivity contribution is -0.113. The first-order chi connectivity index (χ1) is 10.2. The largest absolute Gasteiger partial charge is 0.436 e. The highest BCUT2D eigenvalue weighted by atomic mass is 35.5. The number of fused-ring (bicyclic) bond motifs is 1. The van der Waals surface area contributed by atoms with E-state index < -0.39 is 0 Å². The summed E-state index contributed by atoms with van der Waals surface area (Å²) in [6.07, 6.45) is 0. The lowest BCUT2D eigenvalue weighted by Crippen LogP contribution is -2.12. The summed E-state index contributed by atoms with van der Waals surface area (Å²) < 4.78 is 18.5. The topological polar surface area (TPSA) is 55.1 Å². The highest BCUT2D eigenvalue weighted by molar-refractivity contribution is 6.29. The number of amides is 1. The fraction of sp³-hybridized carbons (Fsp3) is 0.0667. The van der Waals surface area contributed by atoms with Crippen molar-refractivity contribution in [3.05, 3.63) is 48.3 Å². The van der Waals surface area contributed by atoms with Gasteiger partial charge in [0.05, 0.1) is 0 Å². The molecule has 0 saturated carbocycles. The zero-order valence-corrected chi connectivity index (χ0v) is 11.5. The Kier molecular flexibility index (Phi) is 3.58. The van der Waals surface area contributed by atoms with Gasteiger partial charge in [-0.25, -0.2) is 9.37 Å². The molecule has 0 aliphatic heterocycles. The van der Waals surface area contributed by atoms with E-state index >= 15 is 0 Å². The molecule has 1 amide bonds. The number of nitrogens with one attached hydrogen (secondary N) is 1. The smallest absolute Gasteiger partial charge is 0.239 e. The van der Waals surface area contributed by atoms with Crippen molar-refractivity contribution < 1.29 is 13.6 Å². The maximum Gasteiger partial charge on any atom is 0.239 e. The van der Waals surface area contributed by atoms with Crippen LogP contribution in [0.25, 0.3) is 22.6 Å². The van der Waals surface area contributed by atoms with E-state index in [0.29, 0.717) is 28.2 Å². The average molecular weight is 305 g/mol. The number of hydrogen-bond acceptors (Lipinski definition) is 3. The van der Waals surface area contributed by atoms with Crippen LogP contribution in [0.3, 0.4) is 0 Å². The van der Waals surface area contributed by atoms with Gasteiger partial charge in [0, 0.05) is 17.3 Å². The van der Waals surface area contributed by atoms with E-state index in [1.54, 1.807) is 30.3 Å². The molecule has 106 valence electrons. The molecule has 0 unspecified atom stereocenters. The number of halogens is 2. The van der Waals surface area contributed by atoms with E-state index in [0.717, 1.165) is 0 Å². The summed E-state index contributed by atoms with van der Waals surface area (Å²) in [5.74, 6) is -0.337. The Morgan fingerprint density at radius 3 is 2.71 bits per heavy atom. The number of carbonyl (C=O) groups excluding carboxylic acids is 1. The number of aromatic nitrogens is 1. The number of hydrogen-bond donors (Lipinski definition) is 1. The van der Waals surface area contributed by atoms with Crippen LogP contribution in [-0.4, -0.2) is 16.8 Å². The monoisotopic (exact) mass is 304 g/mol. The summed E-state index contributed by atoms with van der Waals surface area (Å²) in [6, 6.07) is 11.0. The van der Waals surface area contributed by atoms with Crippen LogP contribution in [0.5, 0.6) is 0 Å². The molecule has 0 bridgehead atoms. The van der Waals surface area contributed by atoms with Crippen molar-refractivity contribution in [3.8, 4) is 11.5 Å². The Morgan fingerprint density at radius 1 is 1.24 bits per heavy atom. The summed E-state index contributed by atoms with van der Waals surface area (Å²) >= 11 is 5.44. The van der Waals surface area contributed by atoms with E-state index in [2.05, 4.69) is 10.3 Å². The van der Waals surface area contributed by atoms with Gasteiger partial charge in [-0.15, -0.1) is 11.6 Å². The number of rotatable bonds is 3. The van der Waals surface area contributed by atoms with Gasteiger partial charge in [-0.1, -0.05) is 0 Å². The molecule has 0 spiro atoms. The van der Waals surface area contributed by atoms with Crippen LogP contribution in [0.4, 0.5) is 10.1 Å². The summed E-state index contributed by atoms with van der Waals surface area (Å²) in [5.41, 5.74) is 2.44. The Balaban J connectivity index is 1.96. The number of oxazole rings is 1. The fourth-order valence-corrected chi connectivity index (χ4v) is 1.98. The molecule has 3 rings (SSSR count). The molecule has 0 aliphatic rings. The molecule has 1 aromatic heterocycles. The van der Waals surface area contributed by atoms with Gasteiger partial charge in [-0.2, -0.15) is 0 Å². The van der Waals surface area contributed by atoms with Gasteiger partial charge in [0.15, 0.2) is 5.58 Å². The molecule has 2 aromatic carbocycles. The Hall–Kier alpha value is -2.40. The SMILES string of the molecule is O=C(CCl)Nc1ccc2nc(-c3ccc(F)cc3)oc2c1. The molecule has 0 fully saturated rings. The number of alkyl halides is 1. The second-order valence-electron chi connectivity index (χ2n) is 4.39. The minimum Gasteiger partial charge on any atom is -0.436 e. The van der Waals surface area contributed by atoms with Crippen molar-refractivity contribution in [1.82, 2.24) is 4.98 Å². The molecule has 0 atom stereocenters. The Bertz CT molecular complexity index is 799. The molecule has 0 radical (unpaired) electrons. The van der Waals surface area contributed by atoms with Gasteiger partial charge < -0.3 is 9.73 Å². The molecular weight excluding hydrogens is 295 g/mol. The van der Waals surface area contributed by atoms with Gasteiger partial charge >= 0.3 is 0 Å². The predicted octanol–water partition coefficient (Wildman–Crippen LogP) is 3.81. The molecule has 3 aromatic rings. The van der Waals surface area contributed by atoms with Gasteiger partial charge in [0.2, 0.25) is 11.8 Å². The van der Waals surface area contributed by atoms with Gasteiger partial charge in [-0.05, 0) is 36.4 Å². The average Bonchev–Trinajstić information content (AvgIpc) is 2.91. The Labute approximate surface area is 124 Å². The second kappa shape index (κ2) is 5.54. The van der Waals surface area contributed by atoms with Crippen LogP contribution >= 0.6 is 11.6 Å². The first-order valence-corrected chi connectivity index (χ1v) is 6.71. The third-order valence-electron chi connectivity index (χ3n) is 2.88. The molecule has 21 heavy (non-hydrogen) atoms. The quantitative estimate of drug-likeness (QED) is 0.749. The van der Waals surface area contributed by atoms with E-state index in [1.807, 2.05) is 0 Å². The first kappa shape index (κ1) is 13.6. The molecule has 0 saturated heterocycles. The summed E-state index contributed by atoms with van der Waals surface area (Å²) in [6.45, 7) is 0. The van der Waals surface area contributed by atoms with Crippen LogP contribution in [-0.2, 0) is 4.79 Å². The van der Waals surface area contributed by atoms with Crippen LogP contribution in [0, 0.1) is 5.82 Å². The molecule has 0 aliphatic carbocycles. The number of anilines is 1. The first-order valence-electron chi connectivity index (χ1n) is 6.18. The Morgan fingerprint density at radius 2 is 2.00 bits per heavy atom. The predicted molar refractivity (Wildman–Crippen MR) is 78.8 cm³/mol.